The number of benzene rings is 1. The van der Waals surface area contributed by atoms with E-state index in [0.717, 1.165) is 27.9 Å². The first-order chi connectivity index (χ1) is 12.9. The fourth-order valence-electron chi connectivity index (χ4n) is 3.10. The molecule has 27 heavy (non-hydrogen) atoms. The lowest BCUT2D eigenvalue weighted by Gasteiger charge is -2.17. The number of pyridine rings is 1. The number of hydrogen-bond acceptors (Lipinski definition) is 4. The maximum Gasteiger partial charge on any atom is 0.267 e. The van der Waals surface area contributed by atoms with Crippen molar-refractivity contribution in [2.75, 3.05) is 5.32 Å². The smallest absolute Gasteiger partial charge is 0.267 e. The Hall–Kier alpha value is -3.28. The van der Waals surface area contributed by atoms with Gasteiger partial charge >= 0.3 is 0 Å². The molecule has 3 aromatic rings. The molecule has 0 spiro atoms. The zero-order valence-electron chi connectivity index (χ0n) is 15.9. The Morgan fingerprint density at radius 1 is 1.04 bits per heavy atom. The molecule has 0 fully saturated rings. The summed E-state index contributed by atoms with van der Waals surface area (Å²) < 4.78 is 1.21. The normalized spacial score (nSPS) is 11.9. The van der Waals surface area contributed by atoms with E-state index < -0.39 is 6.04 Å². The van der Waals surface area contributed by atoms with E-state index in [9.17, 15) is 9.59 Å². The summed E-state index contributed by atoms with van der Waals surface area (Å²) in [5.74, 6) is -0.286. The van der Waals surface area contributed by atoms with Crippen LogP contribution in [0.15, 0.2) is 53.6 Å². The summed E-state index contributed by atoms with van der Waals surface area (Å²) in [5.41, 5.74) is 5.00. The van der Waals surface area contributed by atoms with Crippen molar-refractivity contribution in [2.24, 2.45) is 0 Å². The minimum absolute atomic E-state index is 0.286. The van der Waals surface area contributed by atoms with Crippen LogP contribution in [0.4, 0.5) is 5.69 Å². The highest BCUT2D eigenvalue weighted by molar-refractivity contribution is 5.94. The largest absolute Gasteiger partial charge is 0.324 e. The van der Waals surface area contributed by atoms with Crippen molar-refractivity contribution in [1.29, 1.82) is 0 Å². The molecule has 6 nitrogen and oxygen atoms in total. The second-order valence-electron chi connectivity index (χ2n) is 6.68. The Morgan fingerprint density at radius 2 is 1.67 bits per heavy atom. The Balaban J connectivity index is 1.91. The highest BCUT2D eigenvalue weighted by Gasteiger charge is 2.19. The minimum Gasteiger partial charge on any atom is -0.324 e. The van der Waals surface area contributed by atoms with E-state index in [2.05, 4.69) is 15.4 Å². The maximum absolute atomic E-state index is 12.8. The molecular formula is C21H22N4O2. The molecule has 0 radical (unpaired) electrons. The van der Waals surface area contributed by atoms with Crippen LogP contribution < -0.4 is 10.9 Å². The molecule has 1 aromatic carbocycles. The fraction of sp³-hybridized carbons (Fsp3) is 0.238. The summed E-state index contributed by atoms with van der Waals surface area (Å²) in [6.45, 7) is 7.59. The molecule has 0 aliphatic rings. The highest BCUT2D eigenvalue weighted by Crippen LogP contribution is 2.23. The lowest BCUT2D eigenvalue weighted by atomic mass is 10.0. The van der Waals surface area contributed by atoms with Crippen LogP contribution in [0, 0.1) is 20.8 Å². The second-order valence-corrected chi connectivity index (χ2v) is 6.68. The van der Waals surface area contributed by atoms with Gasteiger partial charge in [0.2, 0.25) is 5.91 Å². The molecule has 1 N–H and O–H groups in total. The highest BCUT2D eigenvalue weighted by atomic mass is 16.2. The molecule has 0 saturated heterocycles. The summed E-state index contributed by atoms with van der Waals surface area (Å²) in [4.78, 5) is 29.1. The minimum atomic E-state index is -0.751. The molecule has 6 heteroatoms. The average molecular weight is 362 g/mol. The molecule has 0 aliphatic carbocycles. The van der Waals surface area contributed by atoms with Crippen LogP contribution in [0.25, 0.3) is 11.3 Å². The van der Waals surface area contributed by atoms with Gasteiger partial charge in [-0.25, -0.2) is 4.68 Å². The lowest BCUT2D eigenvalue weighted by molar-refractivity contribution is -0.119. The van der Waals surface area contributed by atoms with Gasteiger partial charge in [-0.15, -0.1) is 0 Å². The molecular weight excluding hydrogens is 340 g/mol. The van der Waals surface area contributed by atoms with E-state index in [1.54, 1.807) is 37.5 Å². The molecule has 1 unspecified atom stereocenters. The molecule has 138 valence electrons. The Kier molecular flexibility index (Phi) is 5.16. The van der Waals surface area contributed by atoms with Crippen molar-refractivity contribution in [3.05, 3.63) is 75.8 Å². The van der Waals surface area contributed by atoms with Crippen molar-refractivity contribution < 1.29 is 4.79 Å². The lowest BCUT2D eigenvalue weighted by Crippen LogP contribution is -2.33. The van der Waals surface area contributed by atoms with E-state index in [1.807, 2.05) is 32.9 Å². The number of nitrogens with zero attached hydrogens (tertiary/aromatic N) is 3. The topological polar surface area (TPSA) is 76.9 Å². The molecule has 2 heterocycles. The van der Waals surface area contributed by atoms with Crippen molar-refractivity contribution in [2.45, 2.75) is 33.7 Å². The summed E-state index contributed by atoms with van der Waals surface area (Å²) >= 11 is 0. The van der Waals surface area contributed by atoms with Gasteiger partial charge in [-0.05, 0) is 57.0 Å². The molecule has 0 bridgehead atoms. The van der Waals surface area contributed by atoms with Crippen LogP contribution in [-0.4, -0.2) is 20.7 Å². The first kappa shape index (κ1) is 18.5. The monoisotopic (exact) mass is 362 g/mol. The van der Waals surface area contributed by atoms with E-state index >= 15 is 0 Å². The second kappa shape index (κ2) is 7.53. The van der Waals surface area contributed by atoms with Gasteiger partial charge < -0.3 is 5.32 Å². The van der Waals surface area contributed by atoms with Gasteiger partial charge in [0.1, 0.15) is 6.04 Å². The van der Waals surface area contributed by atoms with Crippen molar-refractivity contribution in [3.8, 4) is 11.3 Å². The number of anilines is 1. The predicted octanol–water partition coefficient (Wildman–Crippen LogP) is 3.43. The zero-order chi connectivity index (χ0) is 19.6. The standard InChI is InChI=1S/C21H22N4O2/c1-13-11-14(2)20(15(3)12-13)23-21(27)16(4)25-19(26)6-5-18(24-25)17-7-9-22-10-8-17/h5-12,16H,1-4H3,(H,23,27). The Bertz CT molecular complexity index is 1020. The fourth-order valence-corrected chi connectivity index (χ4v) is 3.10. The van der Waals surface area contributed by atoms with Crippen LogP contribution >= 0.6 is 0 Å². The summed E-state index contributed by atoms with van der Waals surface area (Å²) in [7, 11) is 0. The van der Waals surface area contributed by atoms with Gasteiger partial charge in [-0.1, -0.05) is 17.7 Å². The molecule has 3 rings (SSSR count). The van der Waals surface area contributed by atoms with Crippen LogP contribution in [0.3, 0.4) is 0 Å². The summed E-state index contributed by atoms with van der Waals surface area (Å²) in [6.07, 6.45) is 3.32. The van der Waals surface area contributed by atoms with Crippen LogP contribution in [0.2, 0.25) is 0 Å². The van der Waals surface area contributed by atoms with E-state index in [4.69, 9.17) is 0 Å². The number of carbonyl (C=O) groups excluding carboxylic acids is 1. The summed E-state index contributed by atoms with van der Waals surface area (Å²) in [6, 6.07) is 9.97. The first-order valence-electron chi connectivity index (χ1n) is 8.76. The molecule has 0 saturated carbocycles. The SMILES string of the molecule is Cc1cc(C)c(NC(=O)C(C)n2nc(-c3ccncc3)ccc2=O)c(C)c1. The zero-order valence-corrected chi connectivity index (χ0v) is 15.9. The Labute approximate surface area is 157 Å². The number of carbonyl (C=O) groups is 1. The quantitative estimate of drug-likeness (QED) is 0.771. The van der Waals surface area contributed by atoms with Crippen LogP contribution in [0.1, 0.15) is 29.7 Å². The number of rotatable bonds is 4. The first-order valence-corrected chi connectivity index (χ1v) is 8.76. The molecule has 1 amide bonds. The number of amides is 1. The van der Waals surface area contributed by atoms with Gasteiger partial charge in [0.15, 0.2) is 0 Å². The number of aromatic nitrogens is 3. The molecule has 2 aromatic heterocycles. The predicted molar refractivity (Wildman–Crippen MR) is 106 cm³/mol. The molecule has 0 aliphatic heterocycles. The van der Waals surface area contributed by atoms with E-state index in [0.29, 0.717) is 5.69 Å². The van der Waals surface area contributed by atoms with Crippen molar-refractivity contribution >= 4 is 11.6 Å². The van der Waals surface area contributed by atoms with Crippen molar-refractivity contribution in [3.63, 3.8) is 0 Å². The van der Waals surface area contributed by atoms with E-state index in [1.165, 1.54) is 10.7 Å². The third-order valence-corrected chi connectivity index (χ3v) is 4.47. The summed E-state index contributed by atoms with van der Waals surface area (Å²) in [5, 5.41) is 7.32. The van der Waals surface area contributed by atoms with Gasteiger partial charge in [0.05, 0.1) is 5.69 Å². The van der Waals surface area contributed by atoms with Gasteiger partial charge in [-0.3, -0.25) is 14.6 Å². The molecule has 1 atom stereocenters. The van der Waals surface area contributed by atoms with Crippen LogP contribution in [-0.2, 0) is 4.79 Å². The van der Waals surface area contributed by atoms with Gasteiger partial charge in [0, 0.05) is 29.7 Å². The van der Waals surface area contributed by atoms with Gasteiger partial charge in [0.25, 0.3) is 5.56 Å². The maximum atomic E-state index is 12.8. The third kappa shape index (κ3) is 3.95. The van der Waals surface area contributed by atoms with Gasteiger partial charge in [-0.2, -0.15) is 5.10 Å². The van der Waals surface area contributed by atoms with E-state index in [-0.39, 0.29) is 11.5 Å². The Morgan fingerprint density at radius 3 is 2.30 bits per heavy atom. The number of nitrogens with one attached hydrogen (secondary N) is 1. The third-order valence-electron chi connectivity index (χ3n) is 4.47. The average Bonchev–Trinajstić information content (AvgIpc) is 2.65. The van der Waals surface area contributed by atoms with Crippen LogP contribution in [0.5, 0.6) is 0 Å². The number of hydrogen-bond donors (Lipinski definition) is 1. The van der Waals surface area contributed by atoms with Crippen molar-refractivity contribution in [1.82, 2.24) is 14.8 Å². The number of aryl methyl sites for hydroxylation is 3.